The molecule has 1 saturated heterocycles. The van der Waals surface area contributed by atoms with Crippen LogP contribution in [0.3, 0.4) is 0 Å². The molecule has 6 nitrogen and oxygen atoms in total. The van der Waals surface area contributed by atoms with Gasteiger partial charge in [-0.05, 0) is 12.8 Å². The maximum absolute atomic E-state index is 12.1. The van der Waals surface area contributed by atoms with E-state index in [4.69, 9.17) is 5.26 Å². The van der Waals surface area contributed by atoms with Crippen molar-refractivity contribution in [1.82, 2.24) is 19.7 Å². The molecule has 1 aliphatic rings. The summed E-state index contributed by atoms with van der Waals surface area (Å²) in [4.78, 5) is 17.8. The highest BCUT2D eigenvalue weighted by molar-refractivity contribution is 5.75. The van der Waals surface area contributed by atoms with Crippen molar-refractivity contribution in [1.29, 1.82) is 5.26 Å². The van der Waals surface area contributed by atoms with Gasteiger partial charge in [-0.1, -0.05) is 19.3 Å². The van der Waals surface area contributed by atoms with Crippen molar-refractivity contribution in [2.45, 2.75) is 38.6 Å². The van der Waals surface area contributed by atoms with Gasteiger partial charge in [0.2, 0.25) is 5.91 Å². The molecule has 0 unspecified atom stereocenters. The third-order valence-corrected chi connectivity index (χ3v) is 3.14. The first kappa shape index (κ1) is 12.6. The Kier molecular flexibility index (Phi) is 4.29. The highest BCUT2D eigenvalue weighted by atomic mass is 16.2. The zero-order valence-electron chi connectivity index (χ0n) is 10.4. The molecule has 0 aromatic carbocycles. The van der Waals surface area contributed by atoms with E-state index in [1.54, 1.807) is 0 Å². The van der Waals surface area contributed by atoms with Crippen LogP contribution in [0, 0.1) is 11.3 Å². The number of hydrogen-bond donors (Lipinski definition) is 0. The molecule has 1 amide bonds. The fourth-order valence-electron chi connectivity index (χ4n) is 2.16. The van der Waals surface area contributed by atoms with Crippen LogP contribution in [-0.4, -0.2) is 38.7 Å². The van der Waals surface area contributed by atoms with Crippen LogP contribution in [0.25, 0.3) is 0 Å². The van der Waals surface area contributed by atoms with E-state index >= 15 is 0 Å². The van der Waals surface area contributed by atoms with Gasteiger partial charge in [0.25, 0.3) is 5.82 Å². The lowest BCUT2D eigenvalue weighted by atomic mass is 10.1. The van der Waals surface area contributed by atoms with Gasteiger partial charge in [-0.15, -0.1) is 5.10 Å². The number of likely N-dealkylation sites (tertiary alicyclic amines) is 1. The van der Waals surface area contributed by atoms with Crippen LogP contribution in [0.2, 0.25) is 0 Å². The van der Waals surface area contributed by atoms with Crippen molar-refractivity contribution in [3.63, 3.8) is 0 Å². The molecular formula is C12H17N5O. The van der Waals surface area contributed by atoms with Gasteiger partial charge in [-0.2, -0.15) is 5.26 Å². The highest BCUT2D eigenvalue weighted by Gasteiger charge is 2.15. The largest absolute Gasteiger partial charge is 0.341 e. The standard InChI is InChI=1S/C12H17N5O/c13-8-11-14-10-17(15-11)9-12(18)16-6-4-2-1-3-5-7-16/h10H,1-7,9H2. The van der Waals surface area contributed by atoms with Crippen LogP contribution in [0.15, 0.2) is 6.33 Å². The summed E-state index contributed by atoms with van der Waals surface area (Å²) < 4.78 is 1.43. The van der Waals surface area contributed by atoms with Gasteiger partial charge in [-0.3, -0.25) is 4.79 Å². The van der Waals surface area contributed by atoms with Crippen molar-refractivity contribution >= 4 is 5.91 Å². The van der Waals surface area contributed by atoms with Crippen molar-refractivity contribution in [3.05, 3.63) is 12.2 Å². The highest BCUT2D eigenvalue weighted by Crippen LogP contribution is 2.10. The van der Waals surface area contributed by atoms with E-state index in [0.29, 0.717) is 0 Å². The van der Waals surface area contributed by atoms with Crippen molar-refractivity contribution in [2.75, 3.05) is 13.1 Å². The number of carbonyl (C=O) groups is 1. The number of carbonyl (C=O) groups excluding carboxylic acids is 1. The van der Waals surface area contributed by atoms with E-state index < -0.39 is 0 Å². The minimum Gasteiger partial charge on any atom is -0.341 e. The van der Waals surface area contributed by atoms with Gasteiger partial charge in [0.15, 0.2) is 0 Å². The van der Waals surface area contributed by atoms with Crippen LogP contribution in [0.4, 0.5) is 0 Å². The predicted octanol–water partition coefficient (Wildman–Crippen LogP) is 0.942. The number of rotatable bonds is 2. The monoisotopic (exact) mass is 247 g/mol. The normalized spacial score (nSPS) is 16.7. The smallest absolute Gasteiger partial charge is 0.252 e. The Morgan fingerprint density at radius 1 is 1.28 bits per heavy atom. The van der Waals surface area contributed by atoms with Gasteiger partial charge >= 0.3 is 0 Å². The molecule has 6 heteroatoms. The van der Waals surface area contributed by atoms with E-state index in [-0.39, 0.29) is 18.3 Å². The Labute approximate surface area is 106 Å². The fraction of sp³-hybridized carbons (Fsp3) is 0.667. The average molecular weight is 247 g/mol. The fourth-order valence-corrected chi connectivity index (χ4v) is 2.16. The molecule has 0 N–H and O–H groups in total. The molecule has 1 aromatic rings. The van der Waals surface area contributed by atoms with Crippen LogP contribution in [0.5, 0.6) is 0 Å². The zero-order chi connectivity index (χ0) is 12.8. The molecular weight excluding hydrogens is 230 g/mol. The number of nitriles is 1. The lowest BCUT2D eigenvalue weighted by molar-refractivity contribution is -0.132. The summed E-state index contributed by atoms with van der Waals surface area (Å²) in [6.45, 7) is 1.84. The molecule has 0 radical (unpaired) electrons. The Morgan fingerprint density at radius 3 is 2.56 bits per heavy atom. The predicted molar refractivity (Wildman–Crippen MR) is 64.4 cm³/mol. The number of amides is 1. The van der Waals surface area contributed by atoms with E-state index in [9.17, 15) is 4.79 Å². The Morgan fingerprint density at radius 2 is 1.94 bits per heavy atom. The van der Waals surface area contributed by atoms with E-state index in [0.717, 1.165) is 25.9 Å². The van der Waals surface area contributed by atoms with E-state index in [1.165, 1.54) is 30.3 Å². The number of nitrogens with zero attached hydrogens (tertiary/aromatic N) is 5. The minimum atomic E-state index is 0.0614. The summed E-state index contributed by atoms with van der Waals surface area (Å²) in [5, 5.41) is 12.5. The molecule has 0 spiro atoms. The molecule has 1 aliphatic heterocycles. The molecule has 18 heavy (non-hydrogen) atoms. The maximum atomic E-state index is 12.1. The first-order valence-corrected chi connectivity index (χ1v) is 6.37. The van der Waals surface area contributed by atoms with Crippen molar-refractivity contribution < 1.29 is 4.79 Å². The third kappa shape index (κ3) is 3.29. The van der Waals surface area contributed by atoms with Crippen LogP contribution >= 0.6 is 0 Å². The van der Waals surface area contributed by atoms with E-state index in [1.807, 2.05) is 11.0 Å². The summed E-state index contributed by atoms with van der Waals surface area (Å²) in [6.07, 6.45) is 7.26. The summed E-state index contributed by atoms with van der Waals surface area (Å²) in [7, 11) is 0. The Hall–Kier alpha value is -1.90. The maximum Gasteiger partial charge on any atom is 0.252 e. The van der Waals surface area contributed by atoms with Crippen LogP contribution in [0.1, 0.15) is 37.9 Å². The molecule has 2 rings (SSSR count). The summed E-state index contributed by atoms with van der Waals surface area (Å²) in [5.41, 5.74) is 0. The van der Waals surface area contributed by atoms with Gasteiger partial charge in [0.05, 0.1) is 0 Å². The summed E-state index contributed by atoms with van der Waals surface area (Å²) in [6, 6.07) is 1.85. The third-order valence-electron chi connectivity index (χ3n) is 3.14. The number of aromatic nitrogens is 3. The quantitative estimate of drug-likeness (QED) is 0.779. The molecule has 0 saturated carbocycles. The second-order valence-electron chi connectivity index (χ2n) is 4.53. The molecule has 0 aliphatic carbocycles. The molecule has 0 bridgehead atoms. The topological polar surface area (TPSA) is 74.8 Å². The molecule has 0 atom stereocenters. The second-order valence-corrected chi connectivity index (χ2v) is 4.53. The summed E-state index contributed by atoms with van der Waals surface area (Å²) in [5.74, 6) is 0.168. The lowest BCUT2D eigenvalue weighted by Gasteiger charge is -2.24. The molecule has 1 fully saturated rings. The molecule has 2 heterocycles. The Bertz CT molecular complexity index is 440. The van der Waals surface area contributed by atoms with Gasteiger partial charge in [0, 0.05) is 13.1 Å². The lowest BCUT2D eigenvalue weighted by Crippen LogP contribution is -2.36. The van der Waals surface area contributed by atoms with Gasteiger partial charge in [0.1, 0.15) is 18.9 Å². The molecule has 96 valence electrons. The van der Waals surface area contributed by atoms with Crippen molar-refractivity contribution in [3.8, 4) is 6.07 Å². The first-order valence-electron chi connectivity index (χ1n) is 6.37. The minimum absolute atomic E-state index is 0.0614. The Balaban J connectivity index is 1.91. The average Bonchev–Trinajstić information content (AvgIpc) is 2.76. The second kappa shape index (κ2) is 6.15. The first-order chi connectivity index (χ1) is 8.79. The van der Waals surface area contributed by atoms with Crippen LogP contribution < -0.4 is 0 Å². The SMILES string of the molecule is N#Cc1ncn(CC(=O)N2CCCCCCC2)n1. The van der Waals surface area contributed by atoms with Gasteiger partial charge in [-0.25, -0.2) is 9.67 Å². The van der Waals surface area contributed by atoms with Crippen molar-refractivity contribution in [2.24, 2.45) is 0 Å². The number of hydrogen-bond acceptors (Lipinski definition) is 4. The van der Waals surface area contributed by atoms with E-state index in [2.05, 4.69) is 10.1 Å². The van der Waals surface area contributed by atoms with Crippen LogP contribution in [-0.2, 0) is 11.3 Å². The zero-order valence-corrected chi connectivity index (χ0v) is 10.4. The van der Waals surface area contributed by atoms with Gasteiger partial charge < -0.3 is 4.90 Å². The molecule has 1 aromatic heterocycles. The summed E-state index contributed by atoms with van der Waals surface area (Å²) >= 11 is 0.